The van der Waals surface area contributed by atoms with Gasteiger partial charge in [0.05, 0.1) is 14.2 Å². The van der Waals surface area contributed by atoms with E-state index in [2.05, 4.69) is 47.1 Å². The molecule has 0 aromatic heterocycles. The van der Waals surface area contributed by atoms with Crippen molar-refractivity contribution in [2.45, 2.75) is 27.2 Å². The van der Waals surface area contributed by atoms with Crippen LogP contribution in [0.1, 0.15) is 30.5 Å². The highest BCUT2D eigenvalue weighted by Gasteiger charge is 2.07. The van der Waals surface area contributed by atoms with Gasteiger partial charge in [0.1, 0.15) is 0 Å². The molecule has 0 aliphatic heterocycles. The molecule has 0 spiro atoms. The second kappa shape index (κ2) is 8.73. The van der Waals surface area contributed by atoms with Crippen LogP contribution in [0.5, 0.6) is 11.5 Å². The van der Waals surface area contributed by atoms with Crippen molar-refractivity contribution < 1.29 is 9.47 Å². The van der Waals surface area contributed by atoms with Gasteiger partial charge in [0.15, 0.2) is 11.5 Å². The monoisotopic (exact) mass is 350 g/mol. The van der Waals surface area contributed by atoms with E-state index in [-0.39, 0.29) is 0 Å². The summed E-state index contributed by atoms with van der Waals surface area (Å²) in [6.07, 6.45) is 0.864. The van der Waals surface area contributed by atoms with Crippen LogP contribution in [-0.4, -0.2) is 14.2 Å². The molecule has 0 heterocycles. The van der Waals surface area contributed by atoms with Crippen LogP contribution in [0.3, 0.4) is 0 Å². The number of ether oxygens (including phenoxy) is 2. The fraction of sp³-hybridized carbons (Fsp3) is 0.333. The highest BCUT2D eigenvalue weighted by molar-refractivity contribution is 9.10. The summed E-state index contributed by atoms with van der Waals surface area (Å²) in [6.45, 7) is 6.10. The van der Waals surface area contributed by atoms with Gasteiger partial charge >= 0.3 is 0 Å². The third-order valence-corrected chi connectivity index (χ3v) is 3.82. The molecule has 0 fully saturated rings. The van der Waals surface area contributed by atoms with Crippen molar-refractivity contribution in [3.8, 4) is 11.5 Å². The number of benzene rings is 2. The van der Waals surface area contributed by atoms with Crippen molar-refractivity contribution in [1.29, 1.82) is 0 Å². The molecule has 0 amide bonds. The highest BCUT2D eigenvalue weighted by atomic mass is 79.9. The van der Waals surface area contributed by atoms with Crippen molar-refractivity contribution in [3.63, 3.8) is 0 Å². The van der Waals surface area contributed by atoms with E-state index in [0.717, 1.165) is 22.4 Å². The first kappa shape index (κ1) is 17.6. The molecule has 0 bridgehead atoms. The van der Waals surface area contributed by atoms with Crippen LogP contribution < -0.4 is 9.47 Å². The lowest BCUT2D eigenvalue weighted by Crippen LogP contribution is -1.94. The highest BCUT2D eigenvalue weighted by Crippen LogP contribution is 2.29. The summed E-state index contributed by atoms with van der Waals surface area (Å²) in [7, 11) is 3.30. The van der Waals surface area contributed by atoms with E-state index in [9.17, 15) is 0 Å². The Kier molecular flexibility index (Phi) is 7.30. The average molecular weight is 351 g/mol. The first-order chi connectivity index (χ1) is 10.1. The van der Waals surface area contributed by atoms with Crippen LogP contribution in [0.25, 0.3) is 0 Å². The summed E-state index contributed by atoms with van der Waals surface area (Å²) in [5.41, 5.74) is 3.73. The molecular formula is C18H23BrO2. The summed E-state index contributed by atoms with van der Waals surface area (Å²) in [5, 5.41) is 0. The predicted octanol–water partition coefficient (Wildman–Crippen LogP) is 5.39. The number of methoxy groups -OCH3 is 2. The van der Waals surface area contributed by atoms with Crippen molar-refractivity contribution in [2.75, 3.05) is 14.2 Å². The van der Waals surface area contributed by atoms with E-state index in [1.54, 1.807) is 14.2 Å². The predicted molar refractivity (Wildman–Crippen MR) is 92.6 cm³/mol. The van der Waals surface area contributed by atoms with E-state index in [1.165, 1.54) is 16.7 Å². The minimum Gasteiger partial charge on any atom is -0.493 e. The second-order valence-corrected chi connectivity index (χ2v) is 5.32. The van der Waals surface area contributed by atoms with Gasteiger partial charge in [0, 0.05) is 4.47 Å². The van der Waals surface area contributed by atoms with Gasteiger partial charge in [0.25, 0.3) is 0 Å². The van der Waals surface area contributed by atoms with Crippen LogP contribution in [0.15, 0.2) is 40.9 Å². The number of hydrogen-bond donors (Lipinski definition) is 0. The first-order valence-electron chi connectivity index (χ1n) is 7.10. The smallest absolute Gasteiger partial charge is 0.160 e. The summed E-state index contributed by atoms with van der Waals surface area (Å²) in [6, 6.07) is 12.4. The SMILES string of the molecule is CC.COc1ccc(Cc2cc(C)ccc2Br)cc1OC. The molecule has 0 aliphatic carbocycles. The molecule has 0 saturated carbocycles. The zero-order valence-electron chi connectivity index (χ0n) is 13.4. The Balaban J connectivity index is 0.00000106. The Morgan fingerprint density at radius 3 is 2.19 bits per heavy atom. The molecule has 2 nitrogen and oxygen atoms in total. The zero-order chi connectivity index (χ0) is 15.8. The normalized spacial score (nSPS) is 9.62. The second-order valence-electron chi connectivity index (χ2n) is 4.46. The van der Waals surface area contributed by atoms with Gasteiger partial charge in [-0.05, 0) is 42.7 Å². The molecule has 114 valence electrons. The number of halogens is 1. The molecule has 0 aliphatic rings. The largest absolute Gasteiger partial charge is 0.493 e. The molecular weight excluding hydrogens is 328 g/mol. The minimum atomic E-state index is 0.759. The van der Waals surface area contributed by atoms with Gasteiger partial charge < -0.3 is 9.47 Å². The lowest BCUT2D eigenvalue weighted by molar-refractivity contribution is 0.354. The van der Waals surface area contributed by atoms with Crippen LogP contribution in [-0.2, 0) is 6.42 Å². The molecule has 2 aromatic carbocycles. The molecule has 0 saturated heterocycles. The minimum absolute atomic E-state index is 0.759. The Labute approximate surface area is 136 Å². The van der Waals surface area contributed by atoms with Gasteiger partial charge in [-0.1, -0.05) is 53.5 Å². The standard InChI is InChI=1S/C16H17BrO2.C2H6/c1-11-4-6-14(17)13(8-11)9-12-5-7-15(18-2)16(10-12)19-3;1-2/h4-8,10H,9H2,1-3H3;1-2H3. The van der Waals surface area contributed by atoms with Crippen molar-refractivity contribution in [1.82, 2.24) is 0 Å². The van der Waals surface area contributed by atoms with Crippen molar-refractivity contribution >= 4 is 15.9 Å². The van der Waals surface area contributed by atoms with E-state index in [4.69, 9.17) is 9.47 Å². The maximum absolute atomic E-state index is 5.33. The van der Waals surface area contributed by atoms with Gasteiger partial charge in [-0.3, -0.25) is 0 Å². The third-order valence-electron chi connectivity index (χ3n) is 3.04. The van der Waals surface area contributed by atoms with Gasteiger partial charge in [-0.2, -0.15) is 0 Å². The molecule has 0 unspecified atom stereocenters. The Morgan fingerprint density at radius 2 is 1.57 bits per heavy atom. The summed E-state index contributed by atoms with van der Waals surface area (Å²) in [4.78, 5) is 0. The van der Waals surface area contributed by atoms with E-state index in [0.29, 0.717) is 0 Å². The zero-order valence-corrected chi connectivity index (χ0v) is 15.0. The van der Waals surface area contributed by atoms with Crippen LogP contribution >= 0.6 is 15.9 Å². The molecule has 0 radical (unpaired) electrons. The Bertz CT molecular complexity index is 579. The van der Waals surface area contributed by atoms with Crippen LogP contribution in [0.4, 0.5) is 0 Å². The van der Waals surface area contributed by atoms with E-state index in [1.807, 2.05) is 26.0 Å². The third kappa shape index (κ3) is 4.78. The lowest BCUT2D eigenvalue weighted by atomic mass is 10.0. The van der Waals surface area contributed by atoms with E-state index >= 15 is 0 Å². The summed E-state index contributed by atoms with van der Waals surface area (Å²) >= 11 is 3.60. The summed E-state index contributed by atoms with van der Waals surface area (Å²) < 4.78 is 11.7. The fourth-order valence-electron chi connectivity index (χ4n) is 2.05. The van der Waals surface area contributed by atoms with Crippen molar-refractivity contribution in [2.24, 2.45) is 0 Å². The molecule has 21 heavy (non-hydrogen) atoms. The number of aryl methyl sites for hydroxylation is 1. The fourth-order valence-corrected chi connectivity index (χ4v) is 2.44. The van der Waals surface area contributed by atoms with Crippen molar-refractivity contribution in [3.05, 3.63) is 57.6 Å². The molecule has 3 heteroatoms. The van der Waals surface area contributed by atoms with Gasteiger partial charge in [-0.25, -0.2) is 0 Å². The lowest BCUT2D eigenvalue weighted by Gasteiger charge is -2.11. The first-order valence-corrected chi connectivity index (χ1v) is 7.89. The summed E-state index contributed by atoms with van der Waals surface area (Å²) in [5.74, 6) is 1.53. The maximum Gasteiger partial charge on any atom is 0.160 e. The molecule has 0 N–H and O–H groups in total. The average Bonchev–Trinajstić information content (AvgIpc) is 2.52. The quantitative estimate of drug-likeness (QED) is 0.735. The number of hydrogen-bond acceptors (Lipinski definition) is 2. The van der Waals surface area contributed by atoms with E-state index < -0.39 is 0 Å². The van der Waals surface area contributed by atoms with Gasteiger partial charge in [0.2, 0.25) is 0 Å². The Hall–Kier alpha value is -1.48. The molecule has 0 atom stereocenters. The number of rotatable bonds is 4. The van der Waals surface area contributed by atoms with Gasteiger partial charge in [-0.15, -0.1) is 0 Å². The molecule has 2 aromatic rings. The maximum atomic E-state index is 5.33. The topological polar surface area (TPSA) is 18.5 Å². The van der Waals surface area contributed by atoms with Crippen LogP contribution in [0, 0.1) is 6.92 Å². The Morgan fingerprint density at radius 1 is 0.905 bits per heavy atom. The van der Waals surface area contributed by atoms with Crippen LogP contribution in [0.2, 0.25) is 0 Å². The molecule has 2 rings (SSSR count).